The van der Waals surface area contributed by atoms with Crippen LogP contribution in [-0.4, -0.2) is 54.9 Å². The third-order valence-electron chi connectivity index (χ3n) is 7.22. The fourth-order valence-corrected chi connectivity index (χ4v) is 5.26. The van der Waals surface area contributed by atoms with Gasteiger partial charge in [-0.2, -0.15) is 18.4 Å². The van der Waals surface area contributed by atoms with E-state index in [0.717, 1.165) is 11.6 Å². The van der Waals surface area contributed by atoms with Crippen LogP contribution >= 0.6 is 0 Å². The molecule has 0 bridgehead atoms. The highest BCUT2D eigenvalue weighted by Gasteiger charge is 2.52. The van der Waals surface area contributed by atoms with E-state index < -0.39 is 22.7 Å². The molecule has 0 radical (unpaired) electrons. The Bertz CT molecular complexity index is 1140. The summed E-state index contributed by atoms with van der Waals surface area (Å²) < 4.78 is 40.3. The molecule has 35 heavy (non-hydrogen) atoms. The van der Waals surface area contributed by atoms with Crippen LogP contribution in [0.3, 0.4) is 0 Å². The van der Waals surface area contributed by atoms with Gasteiger partial charge in [0.15, 0.2) is 0 Å². The van der Waals surface area contributed by atoms with Gasteiger partial charge in [-0.05, 0) is 48.7 Å². The highest BCUT2D eigenvalue weighted by atomic mass is 19.4. The van der Waals surface area contributed by atoms with E-state index >= 15 is 0 Å². The van der Waals surface area contributed by atoms with Crippen LogP contribution in [0.4, 0.5) is 18.9 Å². The van der Waals surface area contributed by atoms with Crippen molar-refractivity contribution in [1.29, 1.82) is 5.26 Å². The molecule has 2 aliphatic rings. The van der Waals surface area contributed by atoms with E-state index in [1.54, 1.807) is 42.5 Å². The zero-order valence-electron chi connectivity index (χ0n) is 19.3. The third kappa shape index (κ3) is 4.94. The fraction of sp³-hybridized carbons (Fsp3) is 0.440. The second-order valence-corrected chi connectivity index (χ2v) is 9.16. The lowest BCUT2D eigenvalue weighted by atomic mass is 9.70. The summed E-state index contributed by atoms with van der Waals surface area (Å²) in [4.78, 5) is 33.3. The number of rotatable bonds is 4. The second kappa shape index (κ2) is 9.56. The first-order valence-corrected chi connectivity index (χ1v) is 11.4. The number of nitrogens with zero attached hydrogens (tertiary/aromatic N) is 4. The Kier molecular flexibility index (Phi) is 6.70. The lowest BCUT2D eigenvalue weighted by Gasteiger charge is -2.43. The average Bonchev–Trinajstić information content (AvgIpc) is 3.22. The molecule has 2 saturated heterocycles. The highest BCUT2D eigenvalue weighted by molar-refractivity contribution is 5.84. The van der Waals surface area contributed by atoms with Gasteiger partial charge in [0.2, 0.25) is 11.8 Å². The van der Waals surface area contributed by atoms with Crippen LogP contribution in [0.25, 0.3) is 0 Å². The number of alkyl halides is 3. The Balaban J connectivity index is 1.51. The van der Waals surface area contributed by atoms with E-state index in [-0.39, 0.29) is 24.2 Å². The molecule has 1 N–H and O–H groups in total. The summed E-state index contributed by atoms with van der Waals surface area (Å²) in [6, 6.07) is 8.92. The molecule has 2 amide bonds. The Morgan fingerprint density at radius 3 is 2.49 bits per heavy atom. The molecule has 10 heteroatoms. The summed E-state index contributed by atoms with van der Waals surface area (Å²) in [6.07, 6.45) is -0.0217. The number of nitrogens with one attached hydrogen (secondary N) is 1. The van der Waals surface area contributed by atoms with Gasteiger partial charge in [-0.3, -0.25) is 14.6 Å². The van der Waals surface area contributed by atoms with E-state index in [1.807, 2.05) is 4.90 Å². The number of carbonyl (C=O) groups is 2. The monoisotopic (exact) mass is 485 g/mol. The number of amides is 2. The summed E-state index contributed by atoms with van der Waals surface area (Å²) in [5.74, 6) is -0.579. The molecule has 2 aliphatic heterocycles. The van der Waals surface area contributed by atoms with Gasteiger partial charge >= 0.3 is 6.18 Å². The molecule has 1 spiro atoms. The lowest BCUT2D eigenvalue weighted by molar-refractivity contribution is -0.137. The molecule has 1 atom stereocenters. The number of hydrogen-bond donors (Lipinski definition) is 1. The molecule has 7 nitrogen and oxygen atoms in total. The van der Waals surface area contributed by atoms with E-state index in [9.17, 15) is 22.8 Å². The largest absolute Gasteiger partial charge is 0.417 e. The molecule has 3 heterocycles. The van der Waals surface area contributed by atoms with Crippen LogP contribution in [0.2, 0.25) is 0 Å². The van der Waals surface area contributed by atoms with Gasteiger partial charge in [0.25, 0.3) is 0 Å². The molecular formula is C25H26F3N5O2. The third-order valence-corrected chi connectivity index (χ3v) is 7.22. The summed E-state index contributed by atoms with van der Waals surface area (Å²) in [6.45, 7) is 1.65. The Labute approximate surface area is 201 Å². The van der Waals surface area contributed by atoms with Crippen molar-refractivity contribution >= 4 is 17.5 Å². The minimum atomic E-state index is -4.62. The molecule has 2 aromatic rings. The number of hydrogen-bond acceptors (Lipinski definition) is 5. The van der Waals surface area contributed by atoms with Crippen LogP contribution in [0.15, 0.2) is 42.7 Å². The maximum atomic E-state index is 13.4. The first-order chi connectivity index (χ1) is 16.7. The van der Waals surface area contributed by atoms with Crippen molar-refractivity contribution in [3.8, 4) is 6.07 Å². The van der Waals surface area contributed by atoms with Crippen molar-refractivity contribution in [2.45, 2.75) is 25.4 Å². The highest BCUT2D eigenvalue weighted by Crippen LogP contribution is 2.46. The number of carbonyl (C=O) groups excluding carboxylic acids is 2. The number of halogens is 3. The number of anilines is 1. The quantitative estimate of drug-likeness (QED) is 0.719. The van der Waals surface area contributed by atoms with Crippen molar-refractivity contribution in [3.05, 3.63) is 59.4 Å². The fourth-order valence-electron chi connectivity index (χ4n) is 5.26. The van der Waals surface area contributed by atoms with Gasteiger partial charge < -0.3 is 15.1 Å². The summed E-state index contributed by atoms with van der Waals surface area (Å²) in [5, 5.41) is 11.8. The number of likely N-dealkylation sites (tertiary alicyclic amines) is 1. The van der Waals surface area contributed by atoms with Gasteiger partial charge in [-0.15, -0.1) is 0 Å². The van der Waals surface area contributed by atoms with E-state index in [0.29, 0.717) is 44.7 Å². The van der Waals surface area contributed by atoms with Crippen LogP contribution in [0.1, 0.15) is 29.5 Å². The number of nitriles is 1. The van der Waals surface area contributed by atoms with Crippen LogP contribution < -0.4 is 10.2 Å². The van der Waals surface area contributed by atoms with Crippen molar-refractivity contribution in [2.75, 3.05) is 38.1 Å². The zero-order valence-corrected chi connectivity index (χ0v) is 19.3. The first kappa shape index (κ1) is 24.5. The average molecular weight is 486 g/mol. The summed E-state index contributed by atoms with van der Waals surface area (Å²) in [5.41, 5.74) is -0.558. The minimum Gasteiger partial charge on any atom is -0.371 e. The van der Waals surface area contributed by atoms with Gasteiger partial charge in [-0.1, -0.05) is 0 Å². The molecule has 1 unspecified atom stereocenters. The van der Waals surface area contributed by atoms with Crippen molar-refractivity contribution in [2.24, 2.45) is 11.3 Å². The van der Waals surface area contributed by atoms with Crippen LogP contribution in [-0.2, 0) is 22.2 Å². The van der Waals surface area contributed by atoms with Crippen molar-refractivity contribution in [1.82, 2.24) is 15.2 Å². The maximum absolute atomic E-state index is 13.4. The molecular weight excluding hydrogens is 459 g/mol. The molecule has 1 aromatic carbocycles. The Morgan fingerprint density at radius 2 is 1.89 bits per heavy atom. The van der Waals surface area contributed by atoms with Gasteiger partial charge in [-0.25, -0.2) is 0 Å². The summed E-state index contributed by atoms with van der Waals surface area (Å²) >= 11 is 0. The second-order valence-electron chi connectivity index (χ2n) is 9.16. The van der Waals surface area contributed by atoms with E-state index in [4.69, 9.17) is 5.26 Å². The standard InChI is InChI=1S/C25H26F3N5O2/c1-30-23(35)21-15-33(22(34)12-17-4-8-31-9-5-17)16-24(21)6-10-32(11-7-24)19-3-2-18(14-29)20(13-19)25(26,27)28/h2-5,8-9,13,21H,6-7,10-12,15-16H2,1H3,(H,30,35). The van der Waals surface area contributed by atoms with Gasteiger partial charge in [0, 0.05) is 56.7 Å². The topological polar surface area (TPSA) is 89.3 Å². The number of pyridine rings is 1. The lowest BCUT2D eigenvalue weighted by Crippen LogP contribution is -2.48. The number of piperidine rings is 1. The predicted molar refractivity (Wildman–Crippen MR) is 122 cm³/mol. The molecule has 2 fully saturated rings. The number of aromatic nitrogens is 1. The van der Waals surface area contributed by atoms with Gasteiger partial charge in [0.1, 0.15) is 0 Å². The predicted octanol–water partition coefficient (Wildman–Crippen LogP) is 3.01. The Hall–Kier alpha value is -3.61. The molecule has 0 aliphatic carbocycles. The smallest absolute Gasteiger partial charge is 0.371 e. The normalized spacial score (nSPS) is 19.5. The maximum Gasteiger partial charge on any atom is 0.417 e. The number of benzene rings is 1. The van der Waals surface area contributed by atoms with Crippen molar-refractivity contribution < 1.29 is 22.8 Å². The van der Waals surface area contributed by atoms with E-state index in [2.05, 4.69) is 10.3 Å². The molecule has 0 saturated carbocycles. The van der Waals surface area contributed by atoms with Crippen LogP contribution in [0.5, 0.6) is 0 Å². The van der Waals surface area contributed by atoms with Gasteiger partial charge in [0.05, 0.1) is 29.5 Å². The molecule has 1 aromatic heterocycles. The van der Waals surface area contributed by atoms with Crippen molar-refractivity contribution in [3.63, 3.8) is 0 Å². The van der Waals surface area contributed by atoms with Crippen LogP contribution in [0, 0.1) is 22.7 Å². The zero-order chi connectivity index (χ0) is 25.2. The minimum absolute atomic E-state index is 0.0636. The first-order valence-electron chi connectivity index (χ1n) is 11.4. The summed E-state index contributed by atoms with van der Waals surface area (Å²) in [7, 11) is 1.57. The SMILES string of the molecule is CNC(=O)C1CN(C(=O)Cc2ccncc2)CC12CCN(c1ccc(C#N)c(C(F)(F)F)c1)CC2. The molecule has 184 valence electrons. The molecule has 4 rings (SSSR count). The van der Waals surface area contributed by atoms with E-state index in [1.165, 1.54) is 12.1 Å². The Morgan fingerprint density at radius 1 is 1.20 bits per heavy atom.